The zero-order chi connectivity index (χ0) is 22.3. The average Bonchev–Trinajstić information content (AvgIpc) is 3.07. The number of methoxy groups -OCH3 is 1. The molecule has 8 heteroatoms. The predicted octanol–water partition coefficient (Wildman–Crippen LogP) is 3.80. The molecule has 0 N–H and O–H groups in total. The Hall–Kier alpha value is -3.20. The second-order valence-corrected chi connectivity index (χ2v) is 9.42. The van der Waals surface area contributed by atoms with Gasteiger partial charge in [-0.3, -0.25) is 9.69 Å². The van der Waals surface area contributed by atoms with Gasteiger partial charge >= 0.3 is 0 Å². The van der Waals surface area contributed by atoms with Crippen LogP contribution in [0, 0.1) is 0 Å². The van der Waals surface area contributed by atoms with Crippen molar-refractivity contribution in [3.63, 3.8) is 0 Å². The molecule has 0 radical (unpaired) electrons. The number of carbonyl (C=O) groups excluding carboxylic acids is 1. The fourth-order valence-corrected chi connectivity index (χ4v) is 5.42. The van der Waals surface area contributed by atoms with Crippen molar-refractivity contribution >= 4 is 27.1 Å². The van der Waals surface area contributed by atoms with Gasteiger partial charge < -0.3 is 14.2 Å². The van der Waals surface area contributed by atoms with Gasteiger partial charge in [0.05, 0.1) is 41.5 Å². The number of ether oxygens (including phenoxy) is 3. The highest BCUT2D eigenvalue weighted by molar-refractivity contribution is 7.91. The number of nitrogens with zero attached hydrogens (tertiary/aromatic N) is 1. The Balaban J connectivity index is 1.71. The van der Waals surface area contributed by atoms with Crippen molar-refractivity contribution in [2.75, 3.05) is 25.2 Å². The van der Waals surface area contributed by atoms with E-state index < -0.39 is 21.5 Å². The molecule has 1 saturated heterocycles. The number of sulfone groups is 1. The molecule has 3 aromatic rings. The molecule has 2 aliphatic rings. The lowest BCUT2D eigenvalue weighted by molar-refractivity contribution is -0.256. The topological polar surface area (TPSA) is 82.1 Å². The summed E-state index contributed by atoms with van der Waals surface area (Å²) in [5, 5.41) is 0. The number of fused-ring (bicyclic) bond motifs is 2. The monoisotopic (exact) mass is 451 g/mol. The van der Waals surface area contributed by atoms with Crippen molar-refractivity contribution in [3.05, 3.63) is 78.4 Å². The number of carbonyl (C=O) groups is 1. The Kier molecular flexibility index (Phi) is 5.00. The summed E-state index contributed by atoms with van der Waals surface area (Å²) in [5.74, 6) is -1.64. The summed E-state index contributed by atoms with van der Waals surface area (Å²) in [5.41, 5.74) is 1.38. The van der Waals surface area contributed by atoms with Crippen LogP contribution in [0.15, 0.2) is 82.6 Å². The number of para-hydroxylation sites is 2. The first-order valence-electron chi connectivity index (χ1n) is 10.2. The summed E-state index contributed by atoms with van der Waals surface area (Å²) in [6, 6.07) is 19.9. The second kappa shape index (κ2) is 7.74. The molecule has 164 valence electrons. The SMILES string of the molecule is COc1ccccc1N1C(=O)C2(OCCCO2)c2cc(S(=O)(=O)c3ccccc3)ccc21. The van der Waals surface area contributed by atoms with E-state index in [0.717, 1.165) is 0 Å². The molecule has 0 bridgehead atoms. The lowest BCUT2D eigenvalue weighted by atomic mass is 10.1. The Morgan fingerprint density at radius 1 is 0.875 bits per heavy atom. The van der Waals surface area contributed by atoms with Crippen LogP contribution in [0.4, 0.5) is 11.4 Å². The van der Waals surface area contributed by atoms with Crippen molar-refractivity contribution in [3.8, 4) is 5.75 Å². The zero-order valence-corrected chi connectivity index (χ0v) is 18.2. The van der Waals surface area contributed by atoms with Gasteiger partial charge in [-0.25, -0.2) is 8.42 Å². The summed E-state index contributed by atoms with van der Waals surface area (Å²) in [7, 11) is -2.27. The second-order valence-electron chi connectivity index (χ2n) is 7.47. The van der Waals surface area contributed by atoms with Crippen molar-refractivity contribution in [2.24, 2.45) is 0 Å². The number of hydrogen-bond acceptors (Lipinski definition) is 6. The van der Waals surface area contributed by atoms with Crippen LogP contribution >= 0.6 is 0 Å². The summed E-state index contributed by atoms with van der Waals surface area (Å²) in [6.45, 7) is 0.640. The van der Waals surface area contributed by atoms with Crippen molar-refractivity contribution < 1.29 is 27.4 Å². The maximum Gasteiger partial charge on any atom is 0.297 e. The summed E-state index contributed by atoms with van der Waals surface area (Å²) in [6.07, 6.45) is 0.640. The number of rotatable bonds is 4. The summed E-state index contributed by atoms with van der Waals surface area (Å²) in [4.78, 5) is 15.4. The van der Waals surface area contributed by atoms with Crippen LogP contribution < -0.4 is 9.64 Å². The molecule has 1 spiro atoms. The molecule has 32 heavy (non-hydrogen) atoms. The van der Waals surface area contributed by atoms with Crippen LogP contribution in [0.3, 0.4) is 0 Å². The van der Waals surface area contributed by atoms with Crippen LogP contribution in [0.2, 0.25) is 0 Å². The highest BCUT2D eigenvalue weighted by Crippen LogP contribution is 2.50. The molecule has 0 saturated carbocycles. The van der Waals surface area contributed by atoms with Crippen molar-refractivity contribution in [1.29, 1.82) is 0 Å². The molecule has 1 fully saturated rings. The fraction of sp³-hybridized carbons (Fsp3) is 0.208. The molecule has 0 unspecified atom stereocenters. The minimum Gasteiger partial charge on any atom is -0.495 e. The number of hydrogen-bond donors (Lipinski definition) is 0. The maximum absolute atomic E-state index is 13.7. The van der Waals surface area contributed by atoms with Gasteiger partial charge in [-0.2, -0.15) is 0 Å². The molecule has 2 heterocycles. The molecular formula is C24H21NO6S. The van der Waals surface area contributed by atoms with E-state index in [1.165, 1.54) is 36.3 Å². The number of benzene rings is 3. The quantitative estimate of drug-likeness (QED) is 0.600. The Labute approximate surface area is 186 Å². The van der Waals surface area contributed by atoms with Gasteiger partial charge in [0.1, 0.15) is 5.75 Å². The van der Waals surface area contributed by atoms with E-state index in [1.54, 1.807) is 42.5 Å². The largest absolute Gasteiger partial charge is 0.495 e. The van der Waals surface area contributed by atoms with E-state index in [-0.39, 0.29) is 9.79 Å². The molecule has 0 aromatic heterocycles. The van der Waals surface area contributed by atoms with Gasteiger partial charge in [0.2, 0.25) is 9.84 Å². The van der Waals surface area contributed by atoms with Gasteiger partial charge in [0, 0.05) is 5.56 Å². The van der Waals surface area contributed by atoms with Gasteiger partial charge in [0.25, 0.3) is 11.7 Å². The summed E-state index contributed by atoms with van der Waals surface area (Å²) >= 11 is 0. The minimum absolute atomic E-state index is 0.0641. The molecular weight excluding hydrogens is 430 g/mol. The Morgan fingerprint density at radius 3 is 2.28 bits per heavy atom. The van der Waals surface area contributed by atoms with E-state index in [1.807, 2.05) is 6.07 Å². The highest BCUT2D eigenvalue weighted by atomic mass is 32.2. The van der Waals surface area contributed by atoms with Gasteiger partial charge in [-0.1, -0.05) is 30.3 Å². The molecule has 5 rings (SSSR count). The van der Waals surface area contributed by atoms with Gasteiger partial charge in [-0.15, -0.1) is 0 Å². The van der Waals surface area contributed by atoms with Crippen LogP contribution in [-0.2, 0) is 29.9 Å². The standard InChI is InChI=1S/C24H21NO6S/c1-29-22-11-6-5-10-21(22)25-20-13-12-18(32(27,28)17-8-3-2-4-9-17)16-19(20)24(23(25)26)30-14-7-15-31-24/h2-6,8-13,16H,7,14-15H2,1H3. The molecule has 0 aliphatic carbocycles. The van der Waals surface area contributed by atoms with E-state index >= 15 is 0 Å². The van der Waals surface area contributed by atoms with Crippen LogP contribution in [0.5, 0.6) is 5.75 Å². The lowest BCUT2D eigenvalue weighted by Crippen LogP contribution is -2.46. The van der Waals surface area contributed by atoms with Crippen molar-refractivity contribution in [1.82, 2.24) is 0 Å². The van der Waals surface area contributed by atoms with E-state index in [0.29, 0.717) is 42.3 Å². The van der Waals surface area contributed by atoms with Gasteiger partial charge in [-0.05, 0) is 48.9 Å². The normalized spacial score (nSPS) is 17.4. The third kappa shape index (κ3) is 3.02. The average molecular weight is 452 g/mol. The van der Waals surface area contributed by atoms with Crippen LogP contribution in [0.25, 0.3) is 0 Å². The minimum atomic E-state index is -3.79. The van der Waals surface area contributed by atoms with Gasteiger partial charge in [0.15, 0.2) is 0 Å². The van der Waals surface area contributed by atoms with E-state index in [4.69, 9.17) is 14.2 Å². The number of amides is 1. The molecule has 3 aromatic carbocycles. The van der Waals surface area contributed by atoms with Crippen molar-refractivity contribution in [2.45, 2.75) is 22.0 Å². The first-order valence-corrected chi connectivity index (χ1v) is 11.7. The van der Waals surface area contributed by atoms with E-state index in [9.17, 15) is 13.2 Å². The molecule has 0 atom stereocenters. The lowest BCUT2D eigenvalue weighted by Gasteiger charge is -2.32. The zero-order valence-electron chi connectivity index (χ0n) is 17.4. The maximum atomic E-state index is 13.7. The first-order chi connectivity index (χ1) is 15.5. The third-order valence-electron chi connectivity index (χ3n) is 5.64. The smallest absolute Gasteiger partial charge is 0.297 e. The summed E-state index contributed by atoms with van der Waals surface area (Å²) < 4.78 is 43.8. The van der Waals surface area contributed by atoms with E-state index in [2.05, 4.69) is 0 Å². The van der Waals surface area contributed by atoms with Crippen LogP contribution in [0.1, 0.15) is 12.0 Å². The third-order valence-corrected chi connectivity index (χ3v) is 7.40. The Morgan fingerprint density at radius 2 is 1.56 bits per heavy atom. The first kappa shape index (κ1) is 20.7. The fourth-order valence-electron chi connectivity index (χ4n) is 4.11. The molecule has 1 amide bonds. The molecule has 7 nitrogen and oxygen atoms in total. The predicted molar refractivity (Wildman–Crippen MR) is 117 cm³/mol. The molecule has 2 aliphatic heterocycles. The number of anilines is 2. The van der Waals surface area contributed by atoms with Crippen LogP contribution in [-0.4, -0.2) is 34.6 Å². The Bertz CT molecular complexity index is 1280. The highest BCUT2D eigenvalue weighted by Gasteiger charge is 2.56.